The van der Waals surface area contributed by atoms with Crippen LogP contribution in [0.25, 0.3) is 0 Å². The summed E-state index contributed by atoms with van der Waals surface area (Å²) in [5.41, 5.74) is 2.23. The molecule has 0 radical (unpaired) electrons. The van der Waals surface area contributed by atoms with Crippen molar-refractivity contribution in [3.8, 4) is 11.8 Å². The van der Waals surface area contributed by atoms with E-state index in [0.29, 0.717) is 32.5 Å². The third kappa shape index (κ3) is 7.07. The number of hydrogen-bond donors (Lipinski definition) is 0. The Kier molecular flexibility index (Phi) is 10.7. The van der Waals surface area contributed by atoms with Gasteiger partial charge in [-0.05, 0) is 52.2 Å². The Bertz CT molecular complexity index is 927. The zero-order chi connectivity index (χ0) is 26.1. The number of rotatable bonds is 14. The highest BCUT2D eigenvalue weighted by atomic mass is 16.7. The average molecular weight is 502 g/mol. The van der Waals surface area contributed by atoms with Crippen molar-refractivity contribution in [3.05, 3.63) is 41.5 Å². The highest BCUT2D eigenvalue weighted by molar-refractivity contribution is 5.69. The van der Waals surface area contributed by atoms with Crippen LogP contribution in [0.1, 0.15) is 64.0 Å². The highest BCUT2D eigenvalue weighted by Crippen LogP contribution is 2.53. The van der Waals surface area contributed by atoms with Crippen molar-refractivity contribution >= 4 is 5.97 Å². The average Bonchev–Trinajstić information content (AvgIpc) is 3.38. The quantitative estimate of drug-likeness (QED) is 0.206. The van der Waals surface area contributed by atoms with Crippen molar-refractivity contribution in [2.75, 3.05) is 20.3 Å². The molecule has 36 heavy (non-hydrogen) atoms. The summed E-state index contributed by atoms with van der Waals surface area (Å²) < 4.78 is 34.3. The molecular formula is C28H39NO7. The number of methoxy groups -OCH3 is 1. The van der Waals surface area contributed by atoms with E-state index in [1.165, 1.54) is 7.11 Å². The molecule has 1 heterocycles. The van der Waals surface area contributed by atoms with Gasteiger partial charge >= 0.3 is 5.97 Å². The summed E-state index contributed by atoms with van der Waals surface area (Å²) in [6.45, 7) is 8.59. The van der Waals surface area contributed by atoms with Gasteiger partial charge in [0.05, 0.1) is 19.3 Å². The number of para-hydroxylation sites is 1. The van der Waals surface area contributed by atoms with Gasteiger partial charge in [-0.25, -0.2) is 0 Å². The fourth-order valence-corrected chi connectivity index (χ4v) is 5.16. The van der Waals surface area contributed by atoms with E-state index in [0.717, 1.165) is 23.3 Å². The Morgan fingerprint density at radius 2 is 1.97 bits per heavy atom. The maximum Gasteiger partial charge on any atom is 0.305 e. The van der Waals surface area contributed by atoms with Crippen molar-refractivity contribution in [2.24, 2.45) is 5.92 Å². The number of hydrogen-bond acceptors (Lipinski definition) is 8. The fraction of sp³-hybridized carbons (Fsp3) is 0.643. The van der Waals surface area contributed by atoms with Crippen molar-refractivity contribution in [1.82, 2.24) is 0 Å². The second kappa shape index (κ2) is 13.8. The molecule has 1 aromatic rings. The molecule has 0 aromatic heterocycles. The van der Waals surface area contributed by atoms with Crippen LogP contribution in [-0.2, 0) is 34.9 Å². The van der Waals surface area contributed by atoms with Crippen molar-refractivity contribution < 1.29 is 33.2 Å². The van der Waals surface area contributed by atoms with E-state index in [2.05, 4.69) is 18.2 Å². The summed E-state index contributed by atoms with van der Waals surface area (Å²) in [6, 6.07) is 8.40. The van der Waals surface area contributed by atoms with Crippen molar-refractivity contribution in [2.45, 2.75) is 90.2 Å². The van der Waals surface area contributed by atoms with Crippen LogP contribution in [0, 0.1) is 17.2 Å². The summed E-state index contributed by atoms with van der Waals surface area (Å²) in [4.78, 5) is 11.5. The summed E-state index contributed by atoms with van der Waals surface area (Å²) in [7, 11) is 1.41. The van der Waals surface area contributed by atoms with Gasteiger partial charge in [-0.2, -0.15) is 5.26 Å². The topological polar surface area (TPSA) is 96.2 Å². The number of esters is 1. The predicted octanol–water partition coefficient (Wildman–Crippen LogP) is 4.66. The summed E-state index contributed by atoms with van der Waals surface area (Å²) >= 11 is 0. The molecule has 2 aliphatic rings. The van der Waals surface area contributed by atoms with E-state index in [-0.39, 0.29) is 36.3 Å². The molecule has 1 saturated carbocycles. The van der Waals surface area contributed by atoms with Crippen molar-refractivity contribution in [1.29, 1.82) is 5.26 Å². The number of carbonyl (C=O) groups is 1. The summed E-state index contributed by atoms with van der Waals surface area (Å²) in [5, 5.41) is 9.63. The molecule has 8 heteroatoms. The number of nitriles is 1. The first-order valence-corrected chi connectivity index (χ1v) is 12.9. The lowest BCUT2D eigenvalue weighted by molar-refractivity contribution is -0.163. The number of nitrogens with zero attached hydrogens (tertiary/aromatic N) is 1. The van der Waals surface area contributed by atoms with Crippen LogP contribution in [0.2, 0.25) is 0 Å². The monoisotopic (exact) mass is 501 g/mol. The van der Waals surface area contributed by atoms with Crippen LogP contribution in [0.4, 0.5) is 0 Å². The first-order chi connectivity index (χ1) is 17.4. The molecule has 1 aliphatic heterocycles. The molecule has 7 atom stereocenters. The van der Waals surface area contributed by atoms with Gasteiger partial charge in [0, 0.05) is 43.5 Å². The minimum atomic E-state index is -0.734. The van der Waals surface area contributed by atoms with Gasteiger partial charge < -0.3 is 28.4 Å². The minimum Gasteiger partial charge on any atom is -0.489 e. The first-order valence-electron chi connectivity index (χ1n) is 12.9. The molecule has 1 aromatic carbocycles. The van der Waals surface area contributed by atoms with E-state index >= 15 is 0 Å². The van der Waals surface area contributed by atoms with Gasteiger partial charge in [-0.1, -0.05) is 24.3 Å². The maximum absolute atomic E-state index is 11.5. The minimum absolute atomic E-state index is 0.0219. The number of fused-ring (bicyclic) bond motifs is 3. The molecule has 8 nitrogen and oxygen atoms in total. The van der Waals surface area contributed by atoms with Crippen LogP contribution >= 0.6 is 0 Å². The smallest absolute Gasteiger partial charge is 0.305 e. The molecular weight excluding hydrogens is 462 g/mol. The predicted molar refractivity (Wildman–Crippen MR) is 133 cm³/mol. The van der Waals surface area contributed by atoms with Gasteiger partial charge in [0.25, 0.3) is 0 Å². The molecule has 3 rings (SSSR count). The second-order valence-electron chi connectivity index (χ2n) is 9.05. The zero-order valence-corrected chi connectivity index (χ0v) is 22.0. The summed E-state index contributed by atoms with van der Waals surface area (Å²) in [6.07, 6.45) is 4.61. The lowest BCUT2D eigenvalue weighted by Gasteiger charge is -2.25. The van der Waals surface area contributed by atoms with Gasteiger partial charge in [0.2, 0.25) is 0 Å². The van der Waals surface area contributed by atoms with E-state index in [9.17, 15) is 10.1 Å². The Morgan fingerprint density at radius 3 is 2.67 bits per heavy atom. The van der Waals surface area contributed by atoms with Gasteiger partial charge in [-0.15, -0.1) is 0 Å². The number of ether oxygens (including phenoxy) is 6. The number of carbonyl (C=O) groups excluding carboxylic acids is 1. The molecule has 0 spiro atoms. The Labute approximate surface area is 214 Å². The molecule has 1 aliphatic carbocycles. The molecule has 0 amide bonds. The van der Waals surface area contributed by atoms with Crippen LogP contribution in [-0.4, -0.2) is 57.2 Å². The van der Waals surface area contributed by atoms with Crippen LogP contribution in [0.5, 0.6) is 5.75 Å². The van der Waals surface area contributed by atoms with E-state index in [4.69, 9.17) is 28.4 Å². The van der Waals surface area contributed by atoms with Gasteiger partial charge in [0.15, 0.2) is 18.7 Å². The van der Waals surface area contributed by atoms with Crippen LogP contribution < -0.4 is 4.74 Å². The first kappa shape index (κ1) is 28.1. The zero-order valence-electron chi connectivity index (χ0n) is 22.0. The van der Waals surface area contributed by atoms with Crippen LogP contribution in [0.3, 0.4) is 0 Å². The third-order valence-electron chi connectivity index (χ3n) is 6.66. The largest absolute Gasteiger partial charge is 0.489 e. The lowest BCUT2D eigenvalue weighted by Crippen LogP contribution is -2.27. The van der Waals surface area contributed by atoms with Gasteiger partial charge in [-0.3, -0.25) is 4.79 Å². The lowest BCUT2D eigenvalue weighted by atomic mass is 9.86. The maximum atomic E-state index is 11.5. The number of aryl methyl sites for hydroxylation is 1. The molecule has 0 bridgehead atoms. The van der Waals surface area contributed by atoms with Gasteiger partial charge in [0.1, 0.15) is 11.9 Å². The van der Waals surface area contributed by atoms with Crippen LogP contribution in [0.15, 0.2) is 30.4 Å². The van der Waals surface area contributed by atoms with Crippen molar-refractivity contribution in [3.63, 3.8) is 0 Å². The normalized spacial score (nSPS) is 25.0. The Balaban J connectivity index is 1.82. The van der Waals surface area contributed by atoms with E-state index in [1.54, 1.807) is 13.0 Å². The molecule has 7 unspecified atom stereocenters. The van der Waals surface area contributed by atoms with E-state index in [1.807, 2.05) is 32.9 Å². The standard InChI is InChI=1S/C28H39NO7/c1-6-32-18(3)34-21(17-29)14-15-22-24(35-19(4)33-7-2)16-25-27(22)23-12-8-10-20(28(23)36-25)11-9-13-26(30)31-5/h8,10,12,14-15,18-19,21-22,24-25,27H,6-7,9,11,13,16H2,1-5H3. The highest BCUT2D eigenvalue weighted by Gasteiger charge is 2.50. The molecule has 198 valence electrons. The summed E-state index contributed by atoms with van der Waals surface area (Å²) in [5.74, 6) is 0.762. The molecule has 1 fully saturated rings. The Morgan fingerprint density at radius 1 is 1.22 bits per heavy atom. The Hall–Kier alpha value is -2.44. The fourth-order valence-electron chi connectivity index (χ4n) is 5.16. The van der Waals surface area contributed by atoms with E-state index < -0.39 is 12.4 Å². The third-order valence-corrected chi connectivity index (χ3v) is 6.66. The SMILES string of the molecule is CCOC(C)OC(C#N)C=CC1C(OC(C)OCC)CC2Oc3c(CCCC(=O)OC)cccc3C21. The molecule has 0 N–H and O–H groups in total. The number of benzene rings is 1. The molecule has 0 saturated heterocycles. The second-order valence-corrected chi connectivity index (χ2v) is 9.05.